The van der Waals surface area contributed by atoms with Gasteiger partial charge in [0.2, 0.25) is 0 Å². The summed E-state index contributed by atoms with van der Waals surface area (Å²) >= 11 is 6.36. The molecule has 0 nitrogen and oxygen atoms in total. The van der Waals surface area contributed by atoms with Crippen LogP contribution in [0.4, 0.5) is 0 Å². The van der Waals surface area contributed by atoms with Gasteiger partial charge in [0, 0.05) is 5.38 Å². The molecule has 0 bridgehead atoms. The molecule has 0 N–H and O–H groups in total. The van der Waals surface area contributed by atoms with Gasteiger partial charge in [0.15, 0.2) is 0 Å². The van der Waals surface area contributed by atoms with Gasteiger partial charge >= 0.3 is 0 Å². The van der Waals surface area contributed by atoms with Gasteiger partial charge in [-0.25, -0.2) is 0 Å². The van der Waals surface area contributed by atoms with Crippen LogP contribution in [0.5, 0.6) is 0 Å². The molecule has 1 fully saturated rings. The van der Waals surface area contributed by atoms with E-state index in [0.717, 1.165) is 18.3 Å². The number of halogens is 1. The summed E-state index contributed by atoms with van der Waals surface area (Å²) in [6.45, 7) is 4.42. The zero-order chi connectivity index (χ0) is 10.1. The van der Waals surface area contributed by atoms with Gasteiger partial charge in [-0.05, 0) is 37.2 Å². The Hall–Kier alpha value is -0.490. The van der Waals surface area contributed by atoms with Crippen molar-refractivity contribution in [3.63, 3.8) is 0 Å². The summed E-state index contributed by atoms with van der Waals surface area (Å²) in [5.41, 5.74) is 2.71. The average Bonchev–Trinajstić information content (AvgIpc) is 2.82. The van der Waals surface area contributed by atoms with E-state index in [1.54, 1.807) is 0 Å². The first kappa shape index (κ1) is 10.0. The lowest BCUT2D eigenvalue weighted by molar-refractivity contribution is 0.683. The van der Waals surface area contributed by atoms with Crippen LogP contribution in [0.2, 0.25) is 0 Å². The van der Waals surface area contributed by atoms with E-state index in [-0.39, 0.29) is 0 Å². The third-order valence-electron chi connectivity index (χ3n) is 3.15. The van der Waals surface area contributed by atoms with Crippen molar-refractivity contribution in [1.29, 1.82) is 0 Å². The Kier molecular flexibility index (Phi) is 2.83. The molecule has 0 amide bonds. The van der Waals surface area contributed by atoms with Gasteiger partial charge in [0.25, 0.3) is 0 Å². The molecular weight excluding hydrogens is 192 g/mol. The highest BCUT2D eigenvalue weighted by molar-refractivity contribution is 6.21. The molecule has 3 atom stereocenters. The molecule has 2 rings (SSSR count). The minimum absolute atomic E-state index is 0.340. The fraction of sp³-hybridized carbons (Fsp3) is 0.538. The van der Waals surface area contributed by atoms with Crippen molar-refractivity contribution >= 4 is 11.6 Å². The monoisotopic (exact) mass is 208 g/mol. The SMILES string of the molecule is Cc1cccc(CC(Cl)C2CC2C)c1. The molecule has 1 saturated carbocycles. The number of hydrogen-bond donors (Lipinski definition) is 0. The van der Waals surface area contributed by atoms with Crippen LogP contribution in [-0.4, -0.2) is 5.38 Å². The normalized spacial score (nSPS) is 27.4. The quantitative estimate of drug-likeness (QED) is 0.663. The molecule has 1 aromatic carbocycles. The lowest BCUT2D eigenvalue weighted by Crippen LogP contribution is -2.06. The second-order valence-corrected chi connectivity index (χ2v) is 5.15. The lowest BCUT2D eigenvalue weighted by atomic mass is 10.0. The summed E-state index contributed by atoms with van der Waals surface area (Å²) in [7, 11) is 0. The van der Waals surface area contributed by atoms with Crippen molar-refractivity contribution in [2.45, 2.75) is 32.1 Å². The van der Waals surface area contributed by atoms with E-state index >= 15 is 0 Å². The highest BCUT2D eigenvalue weighted by Gasteiger charge is 2.38. The lowest BCUT2D eigenvalue weighted by Gasteiger charge is -2.08. The molecule has 1 aliphatic rings. The summed E-state index contributed by atoms with van der Waals surface area (Å²) in [4.78, 5) is 0. The molecule has 1 aliphatic carbocycles. The van der Waals surface area contributed by atoms with Crippen LogP contribution in [-0.2, 0) is 6.42 Å². The summed E-state index contributed by atoms with van der Waals surface area (Å²) in [6, 6.07) is 8.66. The van der Waals surface area contributed by atoms with Crippen molar-refractivity contribution in [2.24, 2.45) is 11.8 Å². The molecule has 0 heterocycles. The second-order valence-electron chi connectivity index (χ2n) is 4.59. The Balaban J connectivity index is 1.96. The fourth-order valence-corrected chi connectivity index (χ4v) is 2.60. The standard InChI is InChI=1S/C13H17Cl/c1-9-4-3-5-11(6-9)8-13(14)12-7-10(12)2/h3-6,10,12-13H,7-8H2,1-2H3. The third-order valence-corrected chi connectivity index (χ3v) is 3.63. The van der Waals surface area contributed by atoms with Crippen LogP contribution < -0.4 is 0 Å². The molecule has 0 saturated heterocycles. The van der Waals surface area contributed by atoms with Crippen LogP contribution >= 0.6 is 11.6 Å². The largest absolute Gasteiger partial charge is 0.122 e. The van der Waals surface area contributed by atoms with E-state index in [9.17, 15) is 0 Å². The predicted molar refractivity (Wildman–Crippen MR) is 61.8 cm³/mol. The van der Waals surface area contributed by atoms with Crippen molar-refractivity contribution in [3.05, 3.63) is 35.4 Å². The molecular formula is C13H17Cl. The van der Waals surface area contributed by atoms with Gasteiger partial charge < -0.3 is 0 Å². The van der Waals surface area contributed by atoms with E-state index in [4.69, 9.17) is 11.6 Å². The van der Waals surface area contributed by atoms with Crippen LogP contribution in [0.1, 0.15) is 24.5 Å². The van der Waals surface area contributed by atoms with E-state index in [1.165, 1.54) is 17.5 Å². The molecule has 0 spiro atoms. The highest BCUT2D eigenvalue weighted by Crippen LogP contribution is 2.43. The second kappa shape index (κ2) is 3.94. The van der Waals surface area contributed by atoms with Crippen molar-refractivity contribution in [1.82, 2.24) is 0 Å². The highest BCUT2D eigenvalue weighted by atomic mass is 35.5. The number of rotatable bonds is 3. The smallest absolute Gasteiger partial charge is 0.0407 e. The summed E-state index contributed by atoms with van der Waals surface area (Å²) in [5.74, 6) is 1.61. The van der Waals surface area contributed by atoms with E-state index in [2.05, 4.69) is 38.1 Å². The maximum absolute atomic E-state index is 6.36. The van der Waals surface area contributed by atoms with Gasteiger partial charge in [-0.2, -0.15) is 0 Å². The summed E-state index contributed by atoms with van der Waals surface area (Å²) in [5, 5.41) is 0.340. The molecule has 1 aromatic rings. The molecule has 1 heteroatoms. The van der Waals surface area contributed by atoms with Crippen LogP contribution in [0.25, 0.3) is 0 Å². The predicted octanol–water partition coefficient (Wildman–Crippen LogP) is 3.80. The number of aryl methyl sites for hydroxylation is 1. The molecule has 0 radical (unpaired) electrons. The van der Waals surface area contributed by atoms with Crippen molar-refractivity contribution in [3.8, 4) is 0 Å². The van der Waals surface area contributed by atoms with E-state index < -0.39 is 0 Å². The maximum Gasteiger partial charge on any atom is 0.0407 e. The van der Waals surface area contributed by atoms with Crippen LogP contribution in [0.3, 0.4) is 0 Å². The van der Waals surface area contributed by atoms with Gasteiger partial charge in [-0.3, -0.25) is 0 Å². The molecule has 0 aliphatic heterocycles. The van der Waals surface area contributed by atoms with Crippen molar-refractivity contribution in [2.75, 3.05) is 0 Å². The third kappa shape index (κ3) is 2.30. The first-order chi connectivity index (χ1) is 6.66. The molecule has 0 aromatic heterocycles. The number of benzene rings is 1. The average molecular weight is 209 g/mol. The molecule has 14 heavy (non-hydrogen) atoms. The van der Waals surface area contributed by atoms with E-state index in [0.29, 0.717) is 5.38 Å². The Morgan fingerprint density at radius 1 is 1.50 bits per heavy atom. The Labute approximate surface area is 91.3 Å². The number of alkyl halides is 1. The first-order valence-electron chi connectivity index (χ1n) is 5.36. The minimum atomic E-state index is 0.340. The Bertz CT molecular complexity index is 319. The minimum Gasteiger partial charge on any atom is -0.122 e. The molecule has 76 valence electrons. The first-order valence-corrected chi connectivity index (χ1v) is 5.80. The Morgan fingerprint density at radius 2 is 2.21 bits per heavy atom. The van der Waals surface area contributed by atoms with Crippen LogP contribution in [0.15, 0.2) is 24.3 Å². The molecule has 3 unspecified atom stereocenters. The van der Waals surface area contributed by atoms with Gasteiger partial charge in [-0.1, -0.05) is 36.8 Å². The van der Waals surface area contributed by atoms with Crippen LogP contribution in [0, 0.1) is 18.8 Å². The fourth-order valence-electron chi connectivity index (χ4n) is 2.07. The zero-order valence-electron chi connectivity index (χ0n) is 8.83. The summed E-state index contributed by atoms with van der Waals surface area (Å²) < 4.78 is 0. The topological polar surface area (TPSA) is 0 Å². The Morgan fingerprint density at radius 3 is 2.79 bits per heavy atom. The van der Waals surface area contributed by atoms with E-state index in [1.807, 2.05) is 0 Å². The van der Waals surface area contributed by atoms with Gasteiger partial charge in [-0.15, -0.1) is 11.6 Å². The van der Waals surface area contributed by atoms with Crippen molar-refractivity contribution < 1.29 is 0 Å². The maximum atomic E-state index is 6.36. The van der Waals surface area contributed by atoms with Gasteiger partial charge in [0.1, 0.15) is 0 Å². The zero-order valence-corrected chi connectivity index (χ0v) is 9.59. The number of hydrogen-bond acceptors (Lipinski definition) is 0. The summed E-state index contributed by atoms with van der Waals surface area (Å²) in [6.07, 6.45) is 2.35. The van der Waals surface area contributed by atoms with Gasteiger partial charge in [0.05, 0.1) is 0 Å².